The highest BCUT2D eigenvalue weighted by molar-refractivity contribution is 5.96. The third-order valence-corrected chi connectivity index (χ3v) is 3.15. The van der Waals surface area contributed by atoms with E-state index in [4.69, 9.17) is 4.74 Å². The molecule has 1 amide bonds. The lowest BCUT2D eigenvalue weighted by Gasteiger charge is -2.10. The zero-order valence-corrected chi connectivity index (χ0v) is 12.7. The predicted molar refractivity (Wildman–Crippen MR) is 81.2 cm³/mol. The van der Waals surface area contributed by atoms with Gasteiger partial charge in [-0.1, -0.05) is 12.1 Å². The van der Waals surface area contributed by atoms with E-state index in [0.29, 0.717) is 11.8 Å². The smallest absolute Gasteiger partial charge is 0.341 e. The van der Waals surface area contributed by atoms with Crippen molar-refractivity contribution in [3.8, 4) is 0 Å². The first-order valence-corrected chi connectivity index (χ1v) is 6.86. The van der Waals surface area contributed by atoms with E-state index in [1.807, 2.05) is 26.0 Å². The molecule has 2 aromatic rings. The first-order valence-electron chi connectivity index (χ1n) is 6.86. The molecule has 120 valence electrons. The second-order valence-electron chi connectivity index (χ2n) is 5.07. The molecule has 0 aromatic heterocycles. The van der Waals surface area contributed by atoms with Crippen LogP contribution < -0.4 is 5.32 Å². The van der Waals surface area contributed by atoms with Gasteiger partial charge in [0.1, 0.15) is 11.6 Å². The van der Waals surface area contributed by atoms with Crippen LogP contribution in [0.5, 0.6) is 0 Å². The molecule has 1 N–H and O–H groups in total. The Balaban J connectivity index is 1.96. The molecule has 23 heavy (non-hydrogen) atoms. The van der Waals surface area contributed by atoms with E-state index in [0.717, 1.165) is 23.3 Å². The van der Waals surface area contributed by atoms with Gasteiger partial charge in [0.15, 0.2) is 6.61 Å². The quantitative estimate of drug-likeness (QED) is 0.879. The van der Waals surface area contributed by atoms with Crippen LogP contribution in [-0.4, -0.2) is 18.5 Å². The Labute approximate surface area is 132 Å². The molecule has 0 fully saturated rings. The van der Waals surface area contributed by atoms with E-state index in [9.17, 15) is 18.4 Å². The number of esters is 1. The van der Waals surface area contributed by atoms with Gasteiger partial charge < -0.3 is 10.1 Å². The van der Waals surface area contributed by atoms with Crippen LogP contribution in [0.1, 0.15) is 21.5 Å². The van der Waals surface area contributed by atoms with E-state index in [-0.39, 0.29) is 0 Å². The van der Waals surface area contributed by atoms with Crippen molar-refractivity contribution in [3.63, 3.8) is 0 Å². The third kappa shape index (κ3) is 4.35. The van der Waals surface area contributed by atoms with Gasteiger partial charge in [-0.3, -0.25) is 4.79 Å². The molecule has 0 bridgehead atoms. The van der Waals surface area contributed by atoms with Gasteiger partial charge >= 0.3 is 5.97 Å². The van der Waals surface area contributed by atoms with E-state index >= 15 is 0 Å². The molecule has 0 saturated heterocycles. The molecular formula is C17H15F2NO3. The fraction of sp³-hybridized carbons (Fsp3) is 0.176. The molecule has 0 aliphatic rings. The van der Waals surface area contributed by atoms with Gasteiger partial charge in [-0.05, 0) is 43.2 Å². The summed E-state index contributed by atoms with van der Waals surface area (Å²) in [5.74, 6) is -3.41. The number of carbonyl (C=O) groups excluding carboxylic acids is 2. The van der Waals surface area contributed by atoms with Gasteiger partial charge in [-0.25, -0.2) is 13.6 Å². The lowest BCUT2D eigenvalue weighted by atomic mass is 10.1. The van der Waals surface area contributed by atoms with Crippen molar-refractivity contribution in [2.24, 2.45) is 0 Å². The average molecular weight is 319 g/mol. The Bertz CT molecular complexity index is 759. The Kier molecular flexibility index (Phi) is 5.05. The largest absolute Gasteiger partial charge is 0.452 e. The van der Waals surface area contributed by atoms with Crippen molar-refractivity contribution in [1.29, 1.82) is 0 Å². The fourth-order valence-electron chi connectivity index (χ4n) is 1.92. The average Bonchev–Trinajstić information content (AvgIpc) is 2.48. The van der Waals surface area contributed by atoms with E-state index in [2.05, 4.69) is 5.32 Å². The SMILES string of the molecule is Cc1ccc(C)c(NC(=O)COC(=O)c2ccc(F)cc2F)c1. The van der Waals surface area contributed by atoms with Crippen molar-refractivity contribution in [2.45, 2.75) is 13.8 Å². The number of rotatable bonds is 4. The Morgan fingerprint density at radius 3 is 2.52 bits per heavy atom. The zero-order chi connectivity index (χ0) is 17.0. The van der Waals surface area contributed by atoms with Crippen molar-refractivity contribution >= 4 is 17.6 Å². The van der Waals surface area contributed by atoms with Gasteiger partial charge in [-0.15, -0.1) is 0 Å². The molecule has 0 radical (unpaired) electrons. The van der Waals surface area contributed by atoms with Crippen molar-refractivity contribution in [3.05, 3.63) is 64.7 Å². The van der Waals surface area contributed by atoms with Crippen molar-refractivity contribution in [1.82, 2.24) is 0 Å². The Morgan fingerprint density at radius 1 is 1.09 bits per heavy atom. The molecule has 0 aliphatic carbocycles. The zero-order valence-electron chi connectivity index (χ0n) is 12.7. The minimum absolute atomic E-state index is 0.425. The Morgan fingerprint density at radius 2 is 1.83 bits per heavy atom. The fourth-order valence-corrected chi connectivity index (χ4v) is 1.92. The minimum Gasteiger partial charge on any atom is -0.452 e. The number of amides is 1. The van der Waals surface area contributed by atoms with Crippen LogP contribution in [0.4, 0.5) is 14.5 Å². The molecule has 2 rings (SSSR count). The molecule has 6 heteroatoms. The van der Waals surface area contributed by atoms with E-state index in [1.54, 1.807) is 6.07 Å². The molecule has 4 nitrogen and oxygen atoms in total. The number of hydrogen-bond donors (Lipinski definition) is 1. The standard InChI is InChI=1S/C17H15F2NO3/c1-10-3-4-11(2)15(7-10)20-16(21)9-23-17(22)13-6-5-12(18)8-14(13)19/h3-8H,9H2,1-2H3,(H,20,21). The Hall–Kier alpha value is -2.76. The lowest BCUT2D eigenvalue weighted by Crippen LogP contribution is -2.21. The number of nitrogens with one attached hydrogen (secondary N) is 1. The van der Waals surface area contributed by atoms with Crippen LogP contribution in [0.2, 0.25) is 0 Å². The maximum Gasteiger partial charge on any atom is 0.341 e. The highest BCUT2D eigenvalue weighted by atomic mass is 19.1. The lowest BCUT2D eigenvalue weighted by molar-refractivity contribution is -0.119. The van der Waals surface area contributed by atoms with Crippen LogP contribution in [0.3, 0.4) is 0 Å². The van der Waals surface area contributed by atoms with Gasteiger partial charge in [-0.2, -0.15) is 0 Å². The van der Waals surface area contributed by atoms with Gasteiger partial charge in [0.25, 0.3) is 5.91 Å². The molecule has 0 aliphatic heterocycles. The first-order chi connectivity index (χ1) is 10.9. The van der Waals surface area contributed by atoms with Crippen LogP contribution in [-0.2, 0) is 9.53 Å². The highest BCUT2D eigenvalue weighted by Gasteiger charge is 2.15. The van der Waals surface area contributed by atoms with Crippen LogP contribution in [0, 0.1) is 25.5 Å². The van der Waals surface area contributed by atoms with Crippen LogP contribution in [0.25, 0.3) is 0 Å². The topological polar surface area (TPSA) is 55.4 Å². The summed E-state index contributed by atoms with van der Waals surface area (Å²) in [4.78, 5) is 23.5. The first kappa shape index (κ1) is 16.6. The number of anilines is 1. The number of carbonyl (C=O) groups is 2. The number of aryl methyl sites for hydroxylation is 2. The maximum atomic E-state index is 13.4. The van der Waals surface area contributed by atoms with Gasteiger partial charge in [0, 0.05) is 11.8 Å². The molecule has 0 saturated carbocycles. The molecular weight excluding hydrogens is 304 g/mol. The highest BCUT2D eigenvalue weighted by Crippen LogP contribution is 2.16. The van der Waals surface area contributed by atoms with Crippen LogP contribution in [0.15, 0.2) is 36.4 Å². The summed E-state index contributed by atoms with van der Waals surface area (Å²) in [6.45, 7) is 3.14. The summed E-state index contributed by atoms with van der Waals surface area (Å²) in [7, 11) is 0. The summed E-state index contributed by atoms with van der Waals surface area (Å²) < 4.78 is 30.9. The summed E-state index contributed by atoms with van der Waals surface area (Å²) in [6, 6.07) is 8.03. The summed E-state index contributed by atoms with van der Waals surface area (Å²) >= 11 is 0. The van der Waals surface area contributed by atoms with Crippen molar-refractivity contribution < 1.29 is 23.1 Å². The number of benzene rings is 2. The predicted octanol–water partition coefficient (Wildman–Crippen LogP) is 3.38. The minimum atomic E-state index is -1.04. The molecule has 0 spiro atoms. The monoisotopic (exact) mass is 319 g/mol. The number of hydrogen-bond acceptors (Lipinski definition) is 3. The van der Waals surface area contributed by atoms with E-state index < -0.39 is 35.7 Å². The van der Waals surface area contributed by atoms with E-state index in [1.165, 1.54) is 0 Å². The normalized spacial score (nSPS) is 10.3. The second-order valence-corrected chi connectivity index (χ2v) is 5.07. The summed E-state index contributed by atoms with van der Waals surface area (Å²) in [6.07, 6.45) is 0. The molecule has 2 aromatic carbocycles. The van der Waals surface area contributed by atoms with Crippen LogP contribution >= 0.6 is 0 Å². The third-order valence-electron chi connectivity index (χ3n) is 3.15. The number of ether oxygens (including phenoxy) is 1. The van der Waals surface area contributed by atoms with Gasteiger partial charge in [0.05, 0.1) is 5.56 Å². The van der Waals surface area contributed by atoms with Gasteiger partial charge in [0.2, 0.25) is 0 Å². The summed E-state index contributed by atoms with van der Waals surface area (Å²) in [5.41, 5.74) is 2.01. The molecule has 0 heterocycles. The number of halogens is 2. The molecule has 0 unspecified atom stereocenters. The molecule has 0 atom stereocenters. The summed E-state index contributed by atoms with van der Waals surface area (Å²) in [5, 5.41) is 2.61. The van der Waals surface area contributed by atoms with Crippen molar-refractivity contribution in [2.75, 3.05) is 11.9 Å². The maximum absolute atomic E-state index is 13.4. The second kappa shape index (κ2) is 7.00.